The van der Waals surface area contributed by atoms with E-state index in [0.29, 0.717) is 48.3 Å². The van der Waals surface area contributed by atoms with Crippen molar-refractivity contribution in [2.24, 2.45) is 0 Å². The summed E-state index contributed by atoms with van der Waals surface area (Å²) in [5.74, 6) is -0.609. The maximum absolute atomic E-state index is 14.3. The number of carbonyl (C=O) groups is 2. The Labute approximate surface area is 249 Å². The number of carbonyl (C=O) groups excluding carboxylic acids is 2. The topological polar surface area (TPSA) is 65.1 Å². The zero-order valence-electron chi connectivity index (χ0n) is 23.6. The molecule has 0 spiro atoms. The normalized spacial score (nSPS) is 16.9. The second-order valence-corrected chi connectivity index (χ2v) is 11.5. The van der Waals surface area contributed by atoms with Gasteiger partial charge >= 0.3 is 18.4 Å². The number of rotatable bonds is 6. The number of ether oxygens (including phenoxy) is 1. The second kappa shape index (κ2) is 13.5. The third kappa shape index (κ3) is 8.37. The molecular formula is C29H32F6N4O3S. The van der Waals surface area contributed by atoms with Crippen LogP contribution < -0.4 is 5.32 Å². The van der Waals surface area contributed by atoms with Gasteiger partial charge in [-0.05, 0) is 48.7 Å². The lowest BCUT2D eigenvalue weighted by Gasteiger charge is -2.34. The first-order valence-corrected chi connectivity index (χ1v) is 14.4. The van der Waals surface area contributed by atoms with Crippen LogP contribution in [0.5, 0.6) is 0 Å². The summed E-state index contributed by atoms with van der Waals surface area (Å²) in [5.41, 5.74) is -3.79. The number of benzene rings is 2. The zero-order chi connectivity index (χ0) is 31.4. The number of hydrogen-bond donors (Lipinski definition) is 1. The Morgan fingerprint density at radius 2 is 1.58 bits per heavy atom. The van der Waals surface area contributed by atoms with Crippen LogP contribution in [0.4, 0.5) is 36.8 Å². The number of hydrogen-bond acceptors (Lipinski definition) is 5. The van der Waals surface area contributed by atoms with Crippen molar-refractivity contribution in [1.29, 1.82) is 0 Å². The van der Waals surface area contributed by atoms with Crippen LogP contribution in [-0.2, 0) is 21.9 Å². The fraction of sp³-hybridized carbons (Fsp3) is 0.448. The molecule has 4 rings (SSSR count). The number of nitrogens with one attached hydrogen (secondary N) is 1. The Bertz CT molecular complexity index is 1330. The number of piperidine rings is 1. The lowest BCUT2D eigenvalue weighted by atomic mass is 9.99. The largest absolute Gasteiger partial charge is 0.418 e. The summed E-state index contributed by atoms with van der Waals surface area (Å²) >= 11 is 0.579. The number of likely N-dealkylation sites (tertiary alicyclic amines) is 1. The van der Waals surface area contributed by atoms with Gasteiger partial charge in [0, 0.05) is 67.9 Å². The highest BCUT2D eigenvalue weighted by atomic mass is 32.2. The predicted octanol–water partition coefficient (Wildman–Crippen LogP) is 6.31. The summed E-state index contributed by atoms with van der Waals surface area (Å²) in [4.78, 5) is 28.9. The van der Waals surface area contributed by atoms with Gasteiger partial charge < -0.3 is 24.8 Å². The van der Waals surface area contributed by atoms with Crippen LogP contribution in [-0.4, -0.2) is 86.2 Å². The van der Waals surface area contributed by atoms with Crippen LogP contribution in [0.15, 0.2) is 52.3 Å². The molecule has 1 N–H and O–H groups in total. The first kappa shape index (κ1) is 32.5. The van der Waals surface area contributed by atoms with Gasteiger partial charge in [0.15, 0.2) is 0 Å². The average Bonchev–Trinajstić information content (AvgIpc) is 2.95. The first-order chi connectivity index (χ1) is 20.2. The minimum Gasteiger partial charge on any atom is -0.382 e. The van der Waals surface area contributed by atoms with Crippen LogP contribution in [0.25, 0.3) is 6.08 Å². The molecule has 2 aromatic rings. The molecule has 0 unspecified atom stereocenters. The Kier molecular flexibility index (Phi) is 10.2. The number of halogens is 6. The number of nitrogens with zero attached hydrogens (tertiary/aromatic N) is 3. The van der Waals surface area contributed by atoms with E-state index in [1.165, 1.54) is 15.9 Å². The molecule has 2 fully saturated rings. The van der Waals surface area contributed by atoms with Gasteiger partial charge in [0.2, 0.25) is 5.91 Å². The van der Waals surface area contributed by atoms with Gasteiger partial charge in [-0.15, -0.1) is 0 Å². The van der Waals surface area contributed by atoms with Gasteiger partial charge in [-0.25, -0.2) is 4.79 Å². The van der Waals surface area contributed by atoms with Crippen molar-refractivity contribution in [3.8, 4) is 0 Å². The monoisotopic (exact) mass is 630 g/mol. The van der Waals surface area contributed by atoms with Crippen molar-refractivity contribution in [2.45, 2.75) is 41.0 Å². The number of anilines is 1. The molecule has 0 radical (unpaired) electrons. The quantitative estimate of drug-likeness (QED) is 0.300. The molecule has 2 aliphatic heterocycles. The fourth-order valence-electron chi connectivity index (χ4n) is 4.97. The molecule has 0 saturated carbocycles. The summed E-state index contributed by atoms with van der Waals surface area (Å²) < 4.78 is 90.5. The molecule has 234 valence electrons. The molecule has 0 aromatic heterocycles. The Morgan fingerprint density at radius 3 is 2.19 bits per heavy atom. The van der Waals surface area contributed by atoms with Crippen molar-refractivity contribution in [3.63, 3.8) is 0 Å². The zero-order valence-corrected chi connectivity index (χ0v) is 24.4. The number of alkyl halides is 6. The van der Waals surface area contributed by atoms with Crippen molar-refractivity contribution in [2.75, 3.05) is 58.8 Å². The van der Waals surface area contributed by atoms with Crippen molar-refractivity contribution in [1.82, 2.24) is 14.7 Å². The summed E-state index contributed by atoms with van der Waals surface area (Å²) in [6.07, 6.45) is -7.69. The SMILES string of the molecule is CN(C)C(=O)N1CCC(Nc2cccc(Sc3ccc(/C=C/C(=O)N4CCOCC4)c(C(F)(F)F)c3C(F)(F)F)c2)CC1. The van der Waals surface area contributed by atoms with Crippen molar-refractivity contribution < 1.29 is 40.7 Å². The van der Waals surface area contributed by atoms with Crippen LogP contribution in [0.3, 0.4) is 0 Å². The molecule has 2 saturated heterocycles. The van der Waals surface area contributed by atoms with Crippen LogP contribution >= 0.6 is 11.8 Å². The molecule has 2 aliphatic rings. The number of morpholine rings is 1. The van der Waals surface area contributed by atoms with Gasteiger partial charge in [-0.2, -0.15) is 26.3 Å². The maximum Gasteiger partial charge on any atom is 0.418 e. The van der Waals surface area contributed by atoms with Crippen LogP contribution in [0.2, 0.25) is 0 Å². The highest BCUT2D eigenvalue weighted by Crippen LogP contribution is 2.48. The van der Waals surface area contributed by atoms with Crippen molar-refractivity contribution in [3.05, 3.63) is 59.2 Å². The van der Waals surface area contributed by atoms with Gasteiger partial charge in [0.05, 0.1) is 24.3 Å². The lowest BCUT2D eigenvalue weighted by molar-refractivity contribution is -0.163. The highest BCUT2D eigenvalue weighted by Gasteiger charge is 2.46. The summed E-state index contributed by atoms with van der Waals surface area (Å²) in [5, 5.41) is 3.32. The summed E-state index contributed by atoms with van der Waals surface area (Å²) in [6.45, 7) is 2.09. The summed E-state index contributed by atoms with van der Waals surface area (Å²) in [7, 11) is 3.35. The van der Waals surface area contributed by atoms with E-state index < -0.39 is 39.8 Å². The van der Waals surface area contributed by atoms with Gasteiger partial charge in [0.1, 0.15) is 0 Å². The van der Waals surface area contributed by atoms with E-state index in [2.05, 4.69) is 5.32 Å². The van der Waals surface area contributed by atoms with E-state index >= 15 is 0 Å². The molecule has 43 heavy (non-hydrogen) atoms. The highest BCUT2D eigenvalue weighted by molar-refractivity contribution is 7.99. The predicted molar refractivity (Wildman–Crippen MR) is 151 cm³/mol. The van der Waals surface area contributed by atoms with E-state index in [-0.39, 0.29) is 38.4 Å². The summed E-state index contributed by atoms with van der Waals surface area (Å²) in [6, 6.07) is 8.34. The molecule has 7 nitrogen and oxygen atoms in total. The van der Waals surface area contributed by atoms with E-state index in [1.807, 2.05) is 0 Å². The van der Waals surface area contributed by atoms with Crippen molar-refractivity contribution >= 4 is 35.5 Å². The maximum atomic E-state index is 14.3. The Balaban J connectivity index is 1.57. The van der Waals surface area contributed by atoms with Crippen LogP contribution in [0.1, 0.15) is 29.5 Å². The average molecular weight is 631 g/mol. The minimum absolute atomic E-state index is 0.0141. The minimum atomic E-state index is -5.34. The van der Waals surface area contributed by atoms with Gasteiger partial charge in [-0.3, -0.25) is 4.79 Å². The molecule has 0 atom stereocenters. The Hall–Kier alpha value is -3.39. The third-order valence-corrected chi connectivity index (χ3v) is 8.12. The van der Waals surface area contributed by atoms with E-state index in [4.69, 9.17) is 4.74 Å². The van der Waals surface area contributed by atoms with E-state index in [9.17, 15) is 35.9 Å². The first-order valence-electron chi connectivity index (χ1n) is 13.6. The van der Waals surface area contributed by atoms with Gasteiger partial charge in [-0.1, -0.05) is 23.9 Å². The molecular weight excluding hydrogens is 598 g/mol. The molecule has 14 heteroatoms. The van der Waals surface area contributed by atoms with Crippen LogP contribution in [0, 0.1) is 0 Å². The molecule has 3 amide bonds. The number of urea groups is 1. The molecule has 2 aromatic carbocycles. The standard InChI is InChI=1S/C29H32F6N4O3S/c1-37(2)27(41)39-12-10-20(11-13-39)36-21-4-3-5-22(18-21)43-23-8-6-19(7-9-24(40)38-14-16-42-17-15-38)25(28(30,31)32)26(23)29(33,34)35/h3-9,18,20,36H,10-17H2,1-2H3/b9-7+. The number of amides is 3. The van der Waals surface area contributed by atoms with Gasteiger partial charge in [0.25, 0.3) is 0 Å². The smallest absolute Gasteiger partial charge is 0.382 e. The fourth-order valence-corrected chi connectivity index (χ4v) is 6.01. The Morgan fingerprint density at radius 1 is 0.930 bits per heavy atom. The third-order valence-electron chi connectivity index (χ3n) is 7.08. The molecule has 0 aliphatic carbocycles. The molecule has 0 bridgehead atoms. The van der Waals surface area contributed by atoms with E-state index in [0.717, 1.165) is 24.3 Å². The van der Waals surface area contributed by atoms with E-state index in [1.54, 1.807) is 37.2 Å². The molecule has 2 heterocycles. The lowest BCUT2D eigenvalue weighted by Crippen LogP contribution is -2.46. The second-order valence-electron chi connectivity index (χ2n) is 10.4.